The van der Waals surface area contributed by atoms with E-state index in [0.717, 1.165) is 5.56 Å². The average Bonchev–Trinajstić information content (AvgIpc) is 2.77. The highest BCUT2D eigenvalue weighted by atomic mass is 35.5. The van der Waals surface area contributed by atoms with Crippen LogP contribution in [0, 0.1) is 5.82 Å². The molecule has 3 rings (SSSR count). The van der Waals surface area contributed by atoms with Crippen molar-refractivity contribution in [1.82, 2.24) is 5.32 Å². The minimum atomic E-state index is -1.23. The molecule has 0 saturated heterocycles. The van der Waals surface area contributed by atoms with Crippen molar-refractivity contribution in [2.45, 2.75) is 12.0 Å². The molecule has 112 valence electrons. The number of hydrogen-bond acceptors (Lipinski definition) is 3. The second-order valence-corrected chi connectivity index (χ2v) is 5.49. The van der Waals surface area contributed by atoms with Gasteiger partial charge in [-0.05, 0) is 29.3 Å². The Morgan fingerprint density at radius 3 is 2.45 bits per heavy atom. The smallest absolute Gasteiger partial charge is 0.259 e. The zero-order valence-corrected chi connectivity index (χ0v) is 12.3. The Labute approximate surface area is 131 Å². The van der Waals surface area contributed by atoms with Crippen LogP contribution in [0.15, 0.2) is 53.5 Å². The third-order valence-corrected chi connectivity index (χ3v) is 4.02. The van der Waals surface area contributed by atoms with Crippen molar-refractivity contribution >= 4 is 23.5 Å². The number of carbonyl (C=O) groups excluding carboxylic acids is 1. The van der Waals surface area contributed by atoms with Gasteiger partial charge in [-0.3, -0.25) is 10.1 Å². The van der Waals surface area contributed by atoms with E-state index in [1.165, 1.54) is 24.3 Å². The molecule has 4 nitrogen and oxygen atoms in total. The molecule has 0 aliphatic carbocycles. The molecule has 3 N–H and O–H groups in total. The molecule has 2 aromatic carbocycles. The van der Waals surface area contributed by atoms with Gasteiger partial charge >= 0.3 is 0 Å². The van der Waals surface area contributed by atoms with Crippen LogP contribution >= 0.6 is 11.6 Å². The van der Waals surface area contributed by atoms with Crippen molar-refractivity contribution < 1.29 is 9.18 Å². The molecular formula is C16H13ClFN3O. The number of nitrogens with one attached hydrogen (secondary N) is 1. The van der Waals surface area contributed by atoms with Crippen LogP contribution in [0.3, 0.4) is 0 Å². The summed E-state index contributed by atoms with van der Waals surface area (Å²) in [5, 5.41) is 3.05. The molecule has 1 heterocycles. The number of hydrogen-bond donors (Lipinski definition) is 2. The van der Waals surface area contributed by atoms with E-state index in [2.05, 4.69) is 10.3 Å². The van der Waals surface area contributed by atoms with Gasteiger partial charge in [0.05, 0.1) is 0 Å². The summed E-state index contributed by atoms with van der Waals surface area (Å²) in [4.78, 5) is 16.8. The number of rotatable bonds is 3. The van der Waals surface area contributed by atoms with Crippen LogP contribution in [-0.2, 0) is 16.8 Å². The molecule has 1 unspecified atom stereocenters. The zero-order valence-electron chi connectivity index (χ0n) is 11.5. The predicted molar refractivity (Wildman–Crippen MR) is 83.0 cm³/mol. The number of guanidine groups is 1. The van der Waals surface area contributed by atoms with Crippen molar-refractivity contribution in [1.29, 1.82) is 0 Å². The van der Waals surface area contributed by atoms with Gasteiger partial charge in [0.15, 0.2) is 11.5 Å². The number of amides is 1. The Morgan fingerprint density at radius 2 is 1.86 bits per heavy atom. The van der Waals surface area contributed by atoms with Gasteiger partial charge in [-0.2, -0.15) is 0 Å². The predicted octanol–water partition coefficient (Wildman–Crippen LogP) is 2.36. The highest BCUT2D eigenvalue weighted by Gasteiger charge is 2.45. The van der Waals surface area contributed by atoms with Crippen molar-refractivity contribution in [2.75, 3.05) is 0 Å². The van der Waals surface area contributed by atoms with E-state index in [-0.39, 0.29) is 24.1 Å². The lowest BCUT2D eigenvalue weighted by Crippen LogP contribution is -2.40. The molecular weight excluding hydrogens is 305 g/mol. The second-order valence-electron chi connectivity index (χ2n) is 5.09. The van der Waals surface area contributed by atoms with Crippen molar-refractivity contribution in [3.8, 4) is 0 Å². The number of aliphatic imine (C=N–C) groups is 1. The molecule has 2 aromatic rings. The van der Waals surface area contributed by atoms with Gasteiger partial charge in [0, 0.05) is 11.4 Å². The van der Waals surface area contributed by atoms with Crippen molar-refractivity contribution in [3.05, 3.63) is 70.5 Å². The first-order chi connectivity index (χ1) is 10.5. The van der Waals surface area contributed by atoms with Gasteiger partial charge in [0.2, 0.25) is 0 Å². The highest BCUT2D eigenvalue weighted by Crippen LogP contribution is 2.35. The fourth-order valence-electron chi connectivity index (χ4n) is 2.56. The lowest BCUT2D eigenvalue weighted by molar-refractivity contribution is -0.124. The fraction of sp³-hybridized carbons (Fsp3) is 0.125. The van der Waals surface area contributed by atoms with Crippen molar-refractivity contribution in [2.24, 2.45) is 10.7 Å². The fourth-order valence-corrected chi connectivity index (χ4v) is 2.77. The van der Waals surface area contributed by atoms with Crippen LogP contribution in [0.4, 0.5) is 4.39 Å². The first-order valence-corrected chi connectivity index (χ1v) is 7.05. The third-order valence-electron chi connectivity index (χ3n) is 3.65. The zero-order chi connectivity index (χ0) is 15.7. The van der Waals surface area contributed by atoms with E-state index < -0.39 is 5.54 Å². The first kappa shape index (κ1) is 14.5. The largest absolute Gasteiger partial charge is 0.370 e. The van der Waals surface area contributed by atoms with Gasteiger partial charge in [0.25, 0.3) is 5.91 Å². The SMILES string of the molecule is NC1=NC(Cc2ccccc2Cl)(c2ccc(F)cc2)C(=O)N1. The number of benzene rings is 2. The Kier molecular flexibility index (Phi) is 3.58. The van der Waals surface area contributed by atoms with E-state index in [1.807, 2.05) is 18.2 Å². The van der Waals surface area contributed by atoms with E-state index in [0.29, 0.717) is 10.6 Å². The van der Waals surface area contributed by atoms with Crippen LogP contribution < -0.4 is 11.1 Å². The maximum atomic E-state index is 13.2. The van der Waals surface area contributed by atoms with Gasteiger partial charge in [-0.25, -0.2) is 9.38 Å². The molecule has 0 aromatic heterocycles. The Balaban J connectivity index is 2.11. The quantitative estimate of drug-likeness (QED) is 0.912. The number of nitrogens with zero attached hydrogens (tertiary/aromatic N) is 1. The summed E-state index contributed by atoms with van der Waals surface area (Å²) >= 11 is 6.19. The minimum absolute atomic E-state index is 0.0429. The topological polar surface area (TPSA) is 67.5 Å². The molecule has 22 heavy (non-hydrogen) atoms. The molecule has 1 amide bonds. The molecule has 6 heteroatoms. The molecule has 0 radical (unpaired) electrons. The third kappa shape index (κ3) is 2.44. The van der Waals surface area contributed by atoms with Gasteiger partial charge in [-0.1, -0.05) is 41.9 Å². The van der Waals surface area contributed by atoms with Crippen LogP contribution in [0.1, 0.15) is 11.1 Å². The summed E-state index contributed by atoms with van der Waals surface area (Å²) in [7, 11) is 0. The molecule has 1 aliphatic rings. The maximum absolute atomic E-state index is 13.2. The lowest BCUT2D eigenvalue weighted by Gasteiger charge is -2.24. The Hall–Kier alpha value is -2.40. The van der Waals surface area contributed by atoms with E-state index in [1.54, 1.807) is 6.07 Å². The number of carbonyl (C=O) groups is 1. The molecule has 1 atom stereocenters. The average molecular weight is 318 g/mol. The van der Waals surface area contributed by atoms with Crippen LogP contribution in [0.2, 0.25) is 5.02 Å². The van der Waals surface area contributed by atoms with Gasteiger partial charge in [-0.15, -0.1) is 0 Å². The first-order valence-electron chi connectivity index (χ1n) is 6.67. The Morgan fingerprint density at radius 1 is 1.18 bits per heavy atom. The number of halogens is 2. The Bertz CT molecular complexity index is 760. The van der Waals surface area contributed by atoms with Gasteiger partial charge in [0.1, 0.15) is 5.82 Å². The molecule has 0 bridgehead atoms. The summed E-state index contributed by atoms with van der Waals surface area (Å²) in [6.45, 7) is 0. The van der Waals surface area contributed by atoms with Crippen molar-refractivity contribution in [3.63, 3.8) is 0 Å². The van der Waals surface area contributed by atoms with E-state index in [9.17, 15) is 9.18 Å². The second kappa shape index (κ2) is 5.42. The normalized spacial score (nSPS) is 20.6. The molecule has 1 aliphatic heterocycles. The minimum Gasteiger partial charge on any atom is -0.370 e. The summed E-state index contributed by atoms with van der Waals surface area (Å²) in [5.74, 6) is -0.690. The standard InChI is InChI=1S/C16H13ClFN3O/c17-13-4-2-1-3-10(13)9-16(14(22)20-15(19)21-16)11-5-7-12(18)8-6-11/h1-8H,9H2,(H3,19,20,21,22). The van der Waals surface area contributed by atoms with Crippen LogP contribution in [0.25, 0.3) is 0 Å². The van der Waals surface area contributed by atoms with Gasteiger partial charge < -0.3 is 5.73 Å². The number of nitrogens with two attached hydrogens (primary N) is 1. The summed E-state index contributed by atoms with van der Waals surface area (Å²) in [5.41, 5.74) is 5.76. The van der Waals surface area contributed by atoms with Crippen LogP contribution in [-0.4, -0.2) is 11.9 Å². The van der Waals surface area contributed by atoms with Crippen LogP contribution in [0.5, 0.6) is 0 Å². The molecule has 0 fully saturated rings. The summed E-state index contributed by atoms with van der Waals surface area (Å²) < 4.78 is 13.2. The highest BCUT2D eigenvalue weighted by molar-refractivity contribution is 6.31. The summed E-state index contributed by atoms with van der Waals surface area (Å²) in [6, 6.07) is 12.9. The summed E-state index contributed by atoms with van der Waals surface area (Å²) in [6.07, 6.45) is 0.241. The molecule has 0 saturated carbocycles. The monoisotopic (exact) mass is 317 g/mol. The van der Waals surface area contributed by atoms with E-state index in [4.69, 9.17) is 17.3 Å². The van der Waals surface area contributed by atoms with E-state index >= 15 is 0 Å². The lowest BCUT2D eigenvalue weighted by atomic mass is 9.84. The molecule has 0 spiro atoms. The maximum Gasteiger partial charge on any atom is 0.259 e.